The smallest absolute Gasteiger partial charge is 0.416 e. The van der Waals surface area contributed by atoms with E-state index in [-0.39, 0.29) is 16.3 Å². The zero-order valence-corrected chi connectivity index (χ0v) is 11.7. The van der Waals surface area contributed by atoms with Gasteiger partial charge in [-0.15, -0.1) is 0 Å². The zero-order chi connectivity index (χ0) is 17.4. The highest BCUT2D eigenvalue weighted by molar-refractivity contribution is 6.33. The van der Waals surface area contributed by atoms with Gasteiger partial charge in [0.1, 0.15) is 0 Å². The largest absolute Gasteiger partial charge is 0.476 e. The Morgan fingerprint density at radius 2 is 1.91 bits per heavy atom. The minimum Gasteiger partial charge on any atom is -0.476 e. The number of hydrogen-bond donors (Lipinski definition) is 1. The Hall–Kier alpha value is -2.68. The summed E-state index contributed by atoms with van der Waals surface area (Å²) >= 11 is 5.78. The van der Waals surface area contributed by atoms with Gasteiger partial charge >= 0.3 is 17.8 Å². The van der Waals surface area contributed by atoms with Gasteiger partial charge in [-0.3, -0.25) is 10.1 Å². The van der Waals surface area contributed by atoms with E-state index in [4.69, 9.17) is 16.7 Å². The molecular formula is C13H6ClF3N2O4. The molecule has 0 unspecified atom stereocenters. The molecule has 0 saturated heterocycles. The molecule has 0 bridgehead atoms. The van der Waals surface area contributed by atoms with Crippen molar-refractivity contribution in [3.63, 3.8) is 0 Å². The van der Waals surface area contributed by atoms with Gasteiger partial charge in [0, 0.05) is 11.6 Å². The maximum atomic E-state index is 12.6. The third kappa shape index (κ3) is 3.39. The van der Waals surface area contributed by atoms with Crippen LogP contribution >= 0.6 is 11.6 Å². The molecule has 0 aliphatic heterocycles. The summed E-state index contributed by atoms with van der Waals surface area (Å²) in [6.45, 7) is 0. The quantitative estimate of drug-likeness (QED) is 0.669. The van der Waals surface area contributed by atoms with Crippen molar-refractivity contribution in [2.24, 2.45) is 0 Å². The van der Waals surface area contributed by atoms with E-state index in [1.807, 2.05) is 0 Å². The summed E-state index contributed by atoms with van der Waals surface area (Å²) in [5, 5.41) is 19.4. The lowest BCUT2D eigenvalue weighted by molar-refractivity contribution is -0.385. The van der Waals surface area contributed by atoms with Gasteiger partial charge in [0.15, 0.2) is 0 Å². The van der Waals surface area contributed by atoms with E-state index in [2.05, 4.69) is 4.98 Å². The Bertz CT molecular complexity index is 808. The van der Waals surface area contributed by atoms with Crippen LogP contribution in [0.5, 0.6) is 0 Å². The first-order valence-electron chi connectivity index (χ1n) is 5.87. The molecule has 0 saturated carbocycles. The molecule has 6 nitrogen and oxygen atoms in total. The second-order valence-electron chi connectivity index (χ2n) is 4.32. The van der Waals surface area contributed by atoms with Crippen LogP contribution in [-0.2, 0) is 6.18 Å². The first-order valence-corrected chi connectivity index (χ1v) is 6.25. The van der Waals surface area contributed by atoms with Crippen LogP contribution in [0.2, 0.25) is 5.02 Å². The van der Waals surface area contributed by atoms with Crippen molar-refractivity contribution in [3.05, 3.63) is 56.7 Å². The zero-order valence-electron chi connectivity index (χ0n) is 11.0. The van der Waals surface area contributed by atoms with E-state index < -0.39 is 34.0 Å². The van der Waals surface area contributed by atoms with Crippen LogP contribution < -0.4 is 0 Å². The van der Waals surface area contributed by atoms with Crippen molar-refractivity contribution in [2.75, 3.05) is 0 Å². The monoisotopic (exact) mass is 346 g/mol. The lowest BCUT2D eigenvalue weighted by Gasteiger charge is -2.10. The number of pyridine rings is 1. The first kappa shape index (κ1) is 16.7. The molecule has 1 aromatic heterocycles. The first-order chi connectivity index (χ1) is 10.6. The van der Waals surface area contributed by atoms with Gasteiger partial charge in [0.2, 0.25) is 5.69 Å². The molecule has 10 heteroatoms. The molecule has 0 radical (unpaired) electrons. The normalized spacial score (nSPS) is 11.3. The maximum absolute atomic E-state index is 12.6. The van der Waals surface area contributed by atoms with Gasteiger partial charge in [-0.2, -0.15) is 13.2 Å². The van der Waals surface area contributed by atoms with Gasteiger partial charge in [-0.25, -0.2) is 9.78 Å². The highest BCUT2D eigenvalue weighted by Crippen LogP contribution is 2.35. The molecule has 2 rings (SSSR count). The molecule has 0 spiro atoms. The number of alkyl halides is 3. The van der Waals surface area contributed by atoms with Crippen LogP contribution in [0.25, 0.3) is 11.3 Å². The summed E-state index contributed by atoms with van der Waals surface area (Å²) < 4.78 is 37.8. The van der Waals surface area contributed by atoms with Gasteiger partial charge < -0.3 is 5.11 Å². The van der Waals surface area contributed by atoms with Crippen LogP contribution in [-0.4, -0.2) is 21.0 Å². The molecule has 0 aliphatic carbocycles. The predicted molar refractivity (Wildman–Crippen MR) is 73.3 cm³/mol. The average Bonchev–Trinajstić information content (AvgIpc) is 2.45. The molecular weight excluding hydrogens is 341 g/mol. The number of carboxylic acid groups (broad SMARTS) is 1. The second-order valence-corrected chi connectivity index (χ2v) is 4.73. The average molecular weight is 347 g/mol. The van der Waals surface area contributed by atoms with Gasteiger partial charge in [0.05, 0.1) is 21.2 Å². The SMILES string of the molecule is O=C(O)c1nc(-c2ccc(C(F)(F)F)cc2Cl)ccc1[N+](=O)[O-]. The lowest BCUT2D eigenvalue weighted by atomic mass is 10.1. The van der Waals surface area contributed by atoms with Crippen molar-refractivity contribution in [3.8, 4) is 11.3 Å². The Balaban J connectivity index is 2.57. The summed E-state index contributed by atoms with van der Waals surface area (Å²) in [7, 11) is 0. The van der Waals surface area contributed by atoms with E-state index in [9.17, 15) is 28.1 Å². The van der Waals surface area contributed by atoms with Gasteiger partial charge in [-0.05, 0) is 18.2 Å². The number of carboxylic acids is 1. The number of carbonyl (C=O) groups is 1. The molecule has 1 heterocycles. The predicted octanol–water partition coefficient (Wildman–Crippen LogP) is 4.03. The summed E-state index contributed by atoms with van der Waals surface area (Å²) in [4.78, 5) is 24.5. The topological polar surface area (TPSA) is 93.3 Å². The Kier molecular flexibility index (Phi) is 4.24. The standard InChI is InChI=1S/C13H6ClF3N2O4/c14-8-5-6(13(15,16)17)1-2-7(8)9-3-4-10(19(22)23)11(18-9)12(20)21/h1-5H,(H,20,21). The number of halogens is 4. The lowest BCUT2D eigenvalue weighted by Crippen LogP contribution is -2.07. The van der Waals surface area contributed by atoms with Crippen molar-refractivity contribution in [1.29, 1.82) is 0 Å². The fourth-order valence-corrected chi connectivity index (χ4v) is 2.08. The van der Waals surface area contributed by atoms with Gasteiger partial charge in [0.25, 0.3) is 0 Å². The van der Waals surface area contributed by atoms with Crippen molar-refractivity contribution < 1.29 is 28.0 Å². The number of rotatable bonds is 3. The Labute approximate surface area is 131 Å². The van der Waals surface area contributed by atoms with Crippen LogP contribution in [0.1, 0.15) is 16.1 Å². The highest BCUT2D eigenvalue weighted by Gasteiger charge is 2.31. The number of aromatic nitrogens is 1. The van der Waals surface area contributed by atoms with Crippen LogP contribution in [0.3, 0.4) is 0 Å². The van der Waals surface area contributed by atoms with E-state index in [1.54, 1.807) is 0 Å². The van der Waals surface area contributed by atoms with Crippen LogP contribution in [0.4, 0.5) is 18.9 Å². The van der Waals surface area contributed by atoms with Crippen molar-refractivity contribution in [1.82, 2.24) is 4.98 Å². The summed E-state index contributed by atoms with van der Waals surface area (Å²) in [5.41, 5.74) is -2.61. The molecule has 1 aromatic carbocycles. The molecule has 120 valence electrons. The number of nitro groups is 1. The minimum atomic E-state index is -4.59. The minimum absolute atomic E-state index is 0.0251. The van der Waals surface area contributed by atoms with Crippen molar-refractivity contribution in [2.45, 2.75) is 6.18 Å². The van der Waals surface area contributed by atoms with E-state index >= 15 is 0 Å². The summed E-state index contributed by atoms with van der Waals surface area (Å²) in [5.74, 6) is -1.64. The molecule has 0 atom stereocenters. The highest BCUT2D eigenvalue weighted by atomic mass is 35.5. The second kappa shape index (κ2) is 5.84. The van der Waals surface area contributed by atoms with E-state index in [0.717, 1.165) is 24.3 Å². The molecule has 23 heavy (non-hydrogen) atoms. The summed E-state index contributed by atoms with van der Waals surface area (Å²) in [6.07, 6.45) is -4.59. The van der Waals surface area contributed by atoms with Crippen molar-refractivity contribution >= 4 is 23.3 Å². The number of benzene rings is 1. The third-order valence-corrected chi connectivity index (χ3v) is 3.16. The molecule has 0 aliphatic rings. The van der Waals surface area contributed by atoms with Gasteiger partial charge in [-0.1, -0.05) is 17.7 Å². The van der Waals surface area contributed by atoms with Crippen LogP contribution in [0, 0.1) is 10.1 Å². The number of hydrogen-bond acceptors (Lipinski definition) is 4. The summed E-state index contributed by atoms with van der Waals surface area (Å²) in [6, 6.07) is 4.45. The number of aromatic carboxylic acids is 1. The molecule has 0 fully saturated rings. The van der Waals surface area contributed by atoms with Crippen LogP contribution in [0.15, 0.2) is 30.3 Å². The Morgan fingerprint density at radius 3 is 2.39 bits per heavy atom. The molecule has 1 N–H and O–H groups in total. The number of nitrogens with zero attached hydrogens (tertiary/aromatic N) is 2. The molecule has 0 amide bonds. The van der Waals surface area contributed by atoms with E-state index in [1.165, 1.54) is 0 Å². The Morgan fingerprint density at radius 1 is 1.26 bits per heavy atom. The fourth-order valence-electron chi connectivity index (χ4n) is 1.81. The maximum Gasteiger partial charge on any atom is 0.416 e. The fraction of sp³-hybridized carbons (Fsp3) is 0.0769. The third-order valence-electron chi connectivity index (χ3n) is 2.85. The molecule has 2 aromatic rings. The van der Waals surface area contributed by atoms with E-state index in [0.29, 0.717) is 6.07 Å².